The summed E-state index contributed by atoms with van der Waals surface area (Å²) in [6.45, 7) is 8.54. The standard InChI is InChI=1S/C14H15N3O.C8H8F3N.C4H10/c1-2-3-11(7-15)10-4-5-13-12(6-10)14(8-16-13)17-9-18;1-12-7-4-2-6(3-5-7)8(9,10)11;1-4(2)3/h3-9,15-16H,2H2,1H3,(H,17,18);2-5,12H,1H3;4H,1-3H3/b11-3+,15-7?;;. The molecule has 0 aliphatic carbocycles. The quantitative estimate of drug-likeness (QED) is 0.219. The number of benzene rings is 2. The zero-order chi connectivity index (χ0) is 25.7. The van der Waals surface area contributed by atoms with E-state index in [9.17, 15) is 18.0 Å². The summed E-state index contributed by atoms with van der Waals surface area (Å²) in [6.07, 6.45) is 2.42. The largest absolute Gasteiger partial charge is 0.416 e. The van der Waals surface area contributed by atoms with E-state index in [1.54, 1.807) is 13.2 Å². The average molecular weight is 475 g/mol. The number of anilines is 2. The number of amides is 1. The van der Waals surface area contributed by atoms with Gasteiger partial charge in [-0.15, -0.1) is 0 Å². The maximum absolute atomic E-state index is 12.0. The van der Waals surface area contributed by atoms with Crippen molar-refractivity contribution in [3.63, 3.8) is 0 Å². The van der Waals surface area contributed by atoms with Gasteiger partial charge in [0.25, 0.3) is 0 Å². The molecule has 0 atom stereocenters. The lowest BCUT2D eigenvalue weighted by Gasteiger charge is -2.06. The van der Waals surface area contributed by atoms with Crippen LogP contribution in [0.2, 0.25) is 0 Å². The number of hydrogen-bond acceptors (Lipinski definition) is 3. The number of rotatable bonds is 6. The fourth-order valence-corrected chi connectivity index (χ4v) is 2.79. The first-order chi connectivity index (χ1) is 16.1. The molecule has 5 nitrogen and oxygen atoms in total. The topological polar surface area (TPSA) is 80.8 Å². The van der Waals surface area contributed by atoms with Crippen LogP contribution in [0.15, 0.2) is 54.7 Å². The molecule has 184 valence electrons. The Labute approximate surface area is 199 Å². The van der Waals surface area contributed by atoms with Crippen molar-refractivity contribution >= 4 is 40.5 Å². The van der Waals surface area contributed by atoms with Crippen LogP contribution in [0.5, 0.6) is 0 Å². The molecule has 3 aromatic rings. The van der Waals surface area contributed by atoms with Crippen LogP contribution in [0.25, 0.3) is 16.5 Å². The van der Waals surface area contributed by atoms with Gasteiger partial charge in [-0.05, 0) is 59.9 Å². The van der Waals surface area contributed by atoms with Gasteiger partial charge in [0.1, 0.15) is 0 Å². The normalized spacial score (nSPS) is 11.1. The molecule has 4 N–H and O–H groups in total. The van der Waals surface area contributed by atoms with Crippen molar-refractivity contribution < 1.29 is 18.0 Å². The third-order valence-corrected chi connectivity index (χ3v) is 4.31. The minimum absolute atomic E-state index is 0.624. The number of carbonyl (C=O) groups is 1. The van der Waals surface area contributed by atoms with Gasteiger partial charge in [0.15, 0.2) is 0 Å². The summed E-state index contributed by atoms with van der Waals surface area (Å²) in [4.78, 5) is 13.6. The predicted octanol–water partition coefficient (Wildman–Crippen LogP) is 7.59. The second kappa shape index (κ2) is 13.9. The second-order valence-corrected chi connectivity index (χ2v) is 7.99. The first kappa shape index (κ1) is 28.5. The fourth-order valence-electron chi connectivity index (χ4n) is 2.79. The zero-order valence-corrected chi connectivity index (χ0v) is 20.2. The van der Waals surface area contributed by atoms with E-state index >= 15 is 0 Å². The van der Waals surface area contributed by atoms with Gasteiger partial charge in [-0.1, -0.05) is 39.8 Å². The highest BCUT2D eigenvalue weighted by molar-refractivity contribution is 6.10. The third-order valence-electron chi connectivity index (χ3n) is 4.31. The minimum atomic E-state index is -4.24. The number of H-pyrrole nitrogens is 1. The molecule has 0 aliphatic rings. The summed E-state index contributed by atoms with van der Waals surface area (Å²) >= 11 is 0. The van der Waals surface area contributed by atoms with Gasteiger partial charge < -0.3 is 21.0 Å². The number of alkyl halides is 3. The lowest BCUT2D eigenvalue weighted by atomic mass is 10.0. The first-order valence-electron chi connectivity index (χ1n) is 10.9. The summed E-state index contributed by atoms with van der Waals surface area (Å²) in [5.74, 6) is 0.833. The third kappa shape index (κ3) is 9.13. The van der Waals surface area contributed by atoms with Crippen LogP contribution >= 0.6 is 0 Å². The number of halogens is 3. The maximum Gasteiger partial charge on any atom is 0.416 e. The maximum atomic E-state index is 12.0. The molecule has 0 spiro atoms. The Morgan fingerprint density at radius 1 is 1.12 bits per heavy atom. The monoisotopic (exact) mass is 474 g/mol. The lowest BCUT2D eigenvalue weighted by Crippen LogP contribution is -2.04. The molecule has 1 amide bonds. The molecular formula is C26H33F3N4O. The van der Waals surface area contributed by atoms with Crippen molar-refractivity contribution in [3.05, 3.63) is 65.9 Å². The molecule has 0 saturated carbocycles. The molecule has 0 bridgehead atoms. The van der Waals surface area contributed by atoms with E-state index < -0.39 is 11.7 Å². The van der Waals surface area contributed by atoms with E-state index in [2.05, 4.69) is 36.4 Å². The van der Waals surface area contributed by atoms with Crippen molar-refractivity contribution in [1.29, 1.82) is 5.41 Å². The molecule has 0 fully saturated rings. The molecule has 0 saturated heterocycles. The Morgan fingerprint density at radius 2 is 1.74 bits per heavy atom. The SMILES string of the molecule is CC(C)C.CC/C=C(\C=N)c1ccc2[nH]cc(NC=O)c2c1.CNc1ccc(C(F)(F)F)cc1. The van der Waals surface area contributed by atoms with Crippen molar-refractivity contribution in [3.8, 4) is 0 Å². The van der Waals surface area contributed by atoms with E-state index in [0.717, 1.165) is 52.2 Å². The van der Waals surface area contributed by atoms with Gasteiger partial charge in [-0.3, -0.25) is 4.79 Å². The summed E-state index contributed by atoms with van der Waals surface area (Å²) in [6, 6.07) is 10.8. The van der Waals surface area contributed by atoms with Crippen LogP contribution in [-0.2, 0) is 11.0 Å². The van der Waals surface area contributed by atoms with Crippen molar-refractivity contribution in [1.82, 2.24) is 4.98 Å². The molecule has 1 heterocycles. The zero-order valence-electron chi connectivity index (χ0n) is 20.2. The Kier molecular flexibility index (Phi) is 11.6. The van der Waals surface area contributed by atoms with Crippen LogP contribution in [-0.4, -0.2) is 24.7 Å². The number of aromatic nitrogens is 1. The number of nitrogens with one attached hydrogen (secondary N) is 4. The van der Waals surface area contributed by atoms with E-state index in [4.69, 9.17) is 5.41 Å². The molecule has 8 heteroatoms. The number of fused-ring (bicyclic) bond motifs is 1. The van der Waals surface area contributed by atoms with Crippen molar-refractivity contribution in [2.24, 2.45) is 5.92 Å². The summed E-state index contributed by atoms with van der Waals surface area (Å²) < 4.78 is 36.0. The highest BCUT2D eigenvalue weighted by atomic mass is 19.4. The van der Waals surface area contributed by atoms with Crippen LogP contribution in [0, 0.1) is 11.3 Å². The number of carbonyl (C=O) groups excluding carboxylic acids is 1. The van der Waals surface area contributed by atoms with Gasteiger partial charge in [0, 0.05) is 36.0 Å². The Bertz CT molecular complexity index is 1070. The van der Waals surface area contributed by atoms with E-state index in [1.165, 1.54) is 18.3 Å². The number of aromatic amines is 1. The summed E-state index contributed by atoms with van der Waals surface area (Å²) in [5.41, 5.74) is 3.63. The smallest absolute Gasteiger partial charge is 0.388 e. The van der Waals surface area contributed by atoms with E-state index in [0.29, 0.717) is 12.1 Å². The Morgan fingerprint density at radius 3 is 2.21 bits per heavy atom. The van der Waals surface area contributed by atoms with Gasteiger partial charge in [-0.25, -0.2) is 0 Å². The average Bonchev–Trinajstić information content (AvgIpc) is 3.19. The summed E-state index contributed by atoms with van der Waals surface area (Å²) in [5, 5.41) is 13.8. The fraction of sp³-hybridized carbons (Fsp3) is 0.308. The Hall–Kier alpha value is -3.55. The lowest BCUT2D eigenvalue weighted by molar-refractivity contribution is -0.137. The molecule has 0 radical (unpaired) electrons. The molecule has 1 aromatic heterocycles. The van der Waals surface area contributed by atoms with Gasteiger partial charge >= 0.3 is 6.18 Å². The van der Waals surface area contributed by atoms with Gasteiger partial charge in [0.2, 0.25) is 6.41 Å². The van der Waals surface area contributed by atoms with Crippen molar-refractivity contribution in [2.45, 2.75) is 40.3 Å². The summed E-state index contributed by atoms with van der Waals surface area (Å²) in [7, 11) is 1.66. The first-order valence-corrected chi connectivity index (χ1v) is 10.9. The van der Waals surface area contributed by atoms with E-state index in [1.807, 2.05) is 31.2 Å². The number of allylic oxidation sites excluding steroid dienone is 2. The van der Waals surface area contributed by atoms with Crippen LogP contribution in [0.4, 0.5) is 24.5 Å². The highest BCUT2D eigenvalue weighted by Crippen LogP contribution is 2.29. The Balaban J connectivity index is 0.000000312. The molecule has 34 heavy (non-hydrogen) atoms. The molecule has 3 rings (SSSR count). The predicted molar refractivity (Wildman–Crippen MR) is 137 cm³/mol. The minimum Gasteiger partial charge on any atom is -0.388 e. The second-order valence-electron chi connectivity index (χ2n) is 7.99. The van der Waals surface area contributed by atoms with Gasteiger partial charge in [-0.2, -0.15) is 13.2 Å². The number of hydrogen-bond donors (Lipinski definition) is 4. The van der Waals surface area contributed by atoms with Gasteiger partial charge in [0.05, 0.1) is 11.3 Å². The van der Waals surface area contributed by atoms with E-state index in [-0.39, 0.29) is 0 Å². The molecule has 0 unspecified atom stereocenters. The molecule has 0 aliphatic heterocycles. The van der Waals surface area contributed by atoms with Crippen LogP contribution in [0.3, 0.4) is 0 Å². The van der Waals surface area contributed by atoms with Crippen molar-refractivity contribution in [2.75, 3.05) is 17.7 Å². The molecular weight excluding hydrogens is 441 g/mol. The highest BCUT2D eigenvalue weighted by Gasteiger charge is 2.29. The molecule has 2 aromatic carbocycles. The van der Waals surface area contributed by atoms with Crippen LogP contribution in [0.1, 0.15) is 45.2 Å². The van der Waals surface area contributed by atoms with Crippen LogP contribution < -0.4 is 10.6 Å².